The van der Waals surface area contributed by atoms with Crippen molar-refractivity contribution in [3.05, 3.63) is 64.4 Å². The van der Waals surface area contributed by atoms with E-state index in [-0.39, 0.29) is 17.0 Å². The minimum Gasteiger partial charge on any atom is -0.454 e. The zero-order valence-electron chi connectivity index (χ0n) is 16.1. The third-order valence-corrected chi connectivity index (χ3v) is 6.63. The second kappa shape index (κ2) is 8.90. The Balaban J connectivity index is 1.98. The molecule has 0 bridgehead atoms. The molecule has 0 unspecified atom stereocenters. The number of ether oxygens (including phenoxy) is 1. The number of carbonyl (C=O) groups excluding carboxylic acids is 1. The third-order valence-electron chi connectivity index (χ3n) is 4.15. The van der Waals surface area contributed by atoms with Crippen LogP contribution in [0.5, 0.6) is 11.5 Å². The van der Waals surface area contributed by atoms with E-state index in [0.717, 1.165) is 23.9 Å². The molecule has 13 heteroatoms. The van der Waals surface area contributed by atoms with Crippen LogP contribution < -0.4 is 4.74 Å². The fourth-order valence-electron chi connectivity index (χ4n) is 2.64. The van der Waals surface area contributed by atoms with Gasteiger partial charge in [-0.2, -0.15) is 17.5 Å². The van der Waals surface area contributed by atoms with Crippen LogP contribution in [0.15, 0.2) is 41.6 Å². The van der Waals surface area contributed by atoms with Gasteiger partial charge in [0.15, 0.2) is 27.2 Å². The Kier molecular flexibility index (Phi) is 6.60. The summed E-state index contributed by atoms with van der Waals surface area (Å²) in [4.78, 5) is 14.6. The van der Waals surface area contributed by atoms with Gasteiger partial charge in [0.05, 0.1) is 5.56 Å². The summed E-state index contributed by atoms with van der Waals surface area (Å²) in [5.74, 6) is -5.47. The Morgan fingerprint density at radius 3 is 2.41 bits per heavy atom. The number of nitrogens with zero attached hydrogens (tertiary/aromatic N) is 2. The predicted octanol–water partition coefficient (Wildman–Crippen LogP) is 5.19. The van der Waals surface area contributed by atoms with Crippen molar-refractivity contribution >= 4 is 27.2 Å². The maximum atomic E-state index is 14.5. The highest BCUT2D eigenvalue weighted by atomic mass is 32.2. The molecule has 0 amide bonds. The van der Waals surface area contributed by atoms with Crippen LogP contribution in [0.4, 0.5) is 22.0 Å². The van der Waals surface area contributed by atoms with E-state index in [1.54, 1.807) is 0 Å². The monoisotopic (exact) mass is 492 g/mol. The maximum absolute atomic E-state index is 14.5. The van der Waals surface area contributed by atoms with Gasteiger partial charge >= 0.3 is 6.18 Å². The first-order chi connectivity index (χ1) is 14.9. The molecule has 0 aliphatic heterocycles. The number of benzene rings is 2. The fraction of sp³-hybridized carbons (Fsp3) is 0.211. The van der Waals surface area contributed by atoms with Crippen molar-refractivity contribution in [3.63, 3.8) is 0 Å². The van der Waals surface area contributed by atoms with Crippen LogP contribution in [-0.4, -0.2) is 23.6 Å². The summed E-state index contributed by atoms with van der Waals surface area (Å²) in [6.07, 6.45) is -3.81. The Labute approximate surface area is 182 Å². The van der Waals surface area contributed by atoms with E-state index < -0.39 is 61.1 Å². The van der Waals surface area contributed by atoms with Crippen LogP contribution in [0.3, 0.4) is 0 Å². The molecule has 0 radical (unpaired) electrons. The number of halogens is 5. The van der Waals surface area contributed by atoms with Crippen molar-refractivity contribution in [1.82, 2.24) is 9.36 Å². The summed E-state index contributed by atoms with van der Waals surface area (Å²) in [5.41, 5.74) is -1.54. The molecule has 0 aliphatic carbocycles. The van der Waals surface area contributed by atoms with Gasteiger partial charge in [-0.15, -0.1) is 0 Å². The molecule has 6 nitrogen and oxygen atoms in total. The average Bonchev–Trinajstić information content (AvgIpc) is 3.21. The fourth-order valence-corrected chi connectivity index (χ4v) is 4.82. The molecule has 3 rings (SSSR count). The summed E-state index contributed by atoms with van der Waals surface area (Å²) in [7, 11) is -4.33. The van der Waals surface area contributed by atoms with Crippen LogP contribution in [0.2, 0.25) is 0 Å². The molecule has 3 aromatic rings. The molecule has 0 atom stereocenters. The molecular weight excluding hydrogens is 479 g/mol. The molecular formula is C19H13F5N2O4S2. The lowest BCUT2D eigenvalue weighted by Crippen LogP contribution is -2.09. The second-order valence-corrected chi connectivity index (χ2v) is 9.25. The number of rotatable bonds is 7. The van der Waals surface area contributed by atoms with E-state index >= 15 is 0 Å². The summed E-state index contributed by atoms with van der Waals surface area (Å²) < 4.78 is 102. The zero-order chi connectivity index (χ0) is 23.7. The number of carbonyl (C=O) groups is 1. The van der Waals surface area contributed by atoms with E-state index in [1.807, 2.05) is 0 Å². The van der Waals surface area contributed by atoms with E-state index in [4.69, 9.17) is 4.74 Å². The number of alkyl halides is 3. The number of Topliss-reactive ketones (excluding diaryl/α,β-unsaturated/α-hetero) is 1. The van der Waals surface area contributed by atoms with E-state index in [0.29, 0.717) is 24.3 Å². The molecule has 0 saturated heterocycles. The van der Waals surface area contributed by atoms with E-state index in [2.05, 4.69) is 9.36 Å². The van der Waals surface area contributed by atoms with Gasteiger partial charge in [0.2, 0.25) is 0 Å². The van der Waals surface area contributed by atoms with Crippen LogP contribution in [0, 0.1) is 11.6 Å². The molecule has 0 aliphatic rings. The predicted molar refractivity (Wildman–Crippen MR) is 103 cm³/mol. The zero-order valence-corrected chi connectivity index (χ0v) is 17.7. The van der Waals surface area contributed by atoms with Gasteiger partial charge < -0.3 is 4.74 Å². The molecule has 0 spiro atoms. The van der Waals surface area contributed by atoms with Crippen molar-refractivity contribution in [2.45, 2.75) is 30.2 Å². The summed E-state index contributed by atoms with van der Waals surface area (Å²) in [5, 5.41) is 0.0576. The van der Waals surface area contributed by atoms with Gasteiger partial charge in [0.25, 0.3) is 0 Å². The molecule has 1 heterocycles. The molecule has 2 aromatic carbocycles. The molecule has 0 N–H and O–H groups in total. The lowest BCUT2D eigenvalue weighted by molar-refractivity contribution is -0.137. The van der Waals surface area contributed by atoms with E-state index in [9.17, 15) is 35.2 Å². The average molecular weight is 492 g/mol. The van der Waals surface area contributed by atoms with Crippen molar-refractivity contribution in [2.75, 3.05) is 0 Å². The van der Waals surface area contributed by atoms with Gasteiger partial charge in [0, 0.05) is 18.1 Å². The summed E-state index contributed by atoms with van der Waals surface area (Å²) >= 11 is 0.768. The standard InChI is InChI=1S/C19H13F5N2O4S2/c1-2-15(27)10-3-11(19(22,23)24)5-12(4-10)30-16-6-14(21)17(7-13(16)20)32(28,29)8-18-25-9-26-31-18/h3-7,9H,2,8H2,1H3. The Hall–Kier alpha value is -2.93. The number of hydrogen-bond donors (Lipinski definition) is 0. The Morgan fingerprint density at radius 1 is 1.09 bits per heavy atom. The highest BCUT2D eigenvalue weighted by Crippen LogP contribution is 2.36. The van der Waals surface area contributed by atoms with Gasteiger partial charge in [-0.25, -0.2) is 22.2 Å². The number of sulfone groups is 1. The molecule has 0 fully saturated rings. The topological polar surface area (TPSA) is 86.2 Å². The highest BCUT2D eigenvalue weighted by molar-refractivity contribution is 7.90. The number of aromatic nitrogens is 2. The van der Waals surface area contributed by atoms with Gasteiger partial charge in [-0.3, -0.25) is 4.79 Å². The van der Waals surface area contributed by atoms with Gasteiger partial charge in [0.1, 0.15) is 33.6 Å². The maximum Gasteiger partial charge on any atom is 0.416 e. The van der Waals surface area contributed by atoms with Crippen molar-refractivity contribution in [2.24, 2.45) is 0 Å². The van der Waals surface area contributed by atoms with Crippen LogP contribution in [0.1, 0.15) is 34.3 Å². The van der Waals surface area contributed by atoms with E-state index in [1.165, 1.54) is 6.92 Å². The summed E-state index contributed by atoms with van der Waals surface area (Å²) in [6.45, 7) is 1.44. The lowest BCUT2D eigenvalue weighted by Gasteiger charge is -2.14. The van der Waals surface area contributed by atoms with Crippen molar-refractivity contribution in [1.29, 1.82) is 0 Å². The van der Waals surface area contributed by atoms with Gasteiger partial charge in [-0.05, 0) is 35.8 Å². The first-order valence-corrected chi connectivity index (χ1v) is 11.2. The van der Waals surface area contributed by atoms with Crippen LogP contribution in [0.25, 0.3) is 0 Å². The minimum atomic E-state index is -4.82. The quantitative estimate of drug-likeness (QED) is 0.333. The van der Waals surface area contributed by atoms with Crippen LogP contribution in [-0.2, 0) is 21.8 Å². The molecule has 32 heavy (non-hydrogen) atoms. The molecule has 170 valence electrons. The first kappa shape index (κ1) is 23.7. The number of hydrogen-bond acceptors (Lipinski definition) is 7. The first-order valence-electron chi connectivity index (χ1n) is 8.81. The van der Waals surface area contributed by atoms with Crippen molar-refractivity contribution in [3.8, 4) is 11.5 Å². The van der Waals surface area contributed by atoms with Crippen LogP contribution >= 0.6 is 11.5 Å². The van der Waals surface area contributed by atoms with Gasteiger partial charge in [-0.1, -0.05) is 6.92 Å². The third kappa shape index (κ3) is 5.27. The SMILES string of the molecule is CCC(=O)c1cc(Oc2cc(F)c(S(=O)(=O)Cc3ncns3)cc2F)cc(C(F)(F)F)c1. The number of ketones is 1. The normalized spacial score (nSPS) is 12.1. The smallest absolute Gasteiger partial charge is 0.416 e. The lowest BCUT2D eigenvalue weighted by atomic mass is 10.0. The second-order valence-electron chi connectivity index (χ2n) is 6.43. The Bertz CT molecular complexity index is 1260. The largest absolute Gasteiger partial charge is 0.454 e. The summed E-state index contributed by atoms with van der Waals surface area (Å²) in [6, 6.07) is 2.87. The molecule has 1 aromatic heterocycles. The minimum absolute atomic E-state index is 0.0576. The van der Waals surface area contributed by atoms with Crippen molar-refractivity contribution < 1.29 is 39.9 Å². The highest BCUT2D eigenvalue weighted by Gasteiger charge is 2.32. The molecule has 0 saturated carbocycles. The Morgan fingerprint density at radius 2 is 1.81 bits per heavy atom.